The Hall–Kier alpha value is -2.70. The number of benzene rings is 1. The van der Waals surface area contributed by atoms with Crippen LogP contribution in [0.2, 0.25) is 0 Å². The number of rotatable bonds is 1. The van der Waals surface area contributed by atoms with Gasteiger partial charge in [0.15, 0.2) is 5.65 Å². The van der Waals surface area contributed by atoms with E-state index in [9.17, 15) is 9.18 Å². The van der Waals surface area contributed by atoms with Gasteiger partial charge in [0, 0.05) is 12.0 Å². The third kappa shape index (κ3) is 1.81. The minimum absolute atomic E-state index is 0.285. The molecule has 7 heteroatoms. The quantitative estimate of drug-likeness (QED) is 0.738. The molecule has 0 fully saturated rings. The van der Waals surface area contributed by atoms with Crippen LogP contribution in [0.1, 0.15) is 18.0 Å². The topological polar surface area (TPSA) is 72.8 Å². The molecule has 4 rings (SSSR count). The number of imidazole rings is 1. The summed E-state index contributed by atoms with van der Waals surface area (Å²) in [7, 11) is 0. The van der Waals surface area contributed by atoms with Crippen LogP contribution in [-0.4, -0.2) is 26.1 Å². The summed E-state index contributed by atoms with van der Waals surface area (Å²) < 4.78 is 20.6. The summed E-state index contributed by atoms with van der Waals surface area (Å²) in [5, 5.41) is 0. The summed E-state index contributed by atoms with van der Waals surface area (Å²) in [4.78, 5) is 23.0. The van der Waals surface area contributed by atoms with Gasteiger partial charge < -0.3 is 9.72 Å². The molecule has 1 aromatic carbocycles. The number of aromatic amines is 1. The fraction of sp³-hybridized carbons (Fsp3) is 0.214. The van der Waals surface area contributed by atoms with Gasteiger partial charge in [-0.1, -0.05) is 0 Å². The van der Waals surface area contributed by atoms with Crippen molar-refractivity contribution in [3.05, 3.63) is 52.6 Å². The number of halogens is 1. The zero-order valence-electron chi connectivity index (χ0n) is 10.9. The lowest BCUT2D eigenvalue weighted by molar-refractivity contribution is 0.255. The van der Waals surface area contributed by atoms with E-state index in [0.717, 1.165) is 0 Å². The molecular formula is C14H11FN4O2. The van der Waals surface area contributed by atoms with Crippen molar-refractivity contribution in [1.29, 1.82) is 0 Å². The second kappa shape index (κ2) is 4.41. The maximum Gasteiger partial charge on any atom is 0.328 e. The van der Waals surface area contributed by atoms with Crippen molar-refractivity contribution in [2.75, 3.05) is 6.61 Å². The van der Waals surface area contributed by atoms with Crippen LogP contribution in [0.4, 0.5) is 4.39 Å². The van der Waals surface area contributed by atoms with E-state index in [0.29, 0.717) is 35.5 Å². The maximum absolute atomic E-state index is 13.5. The van der Waals surface area contributed by atoms with Gasteiger partial charge in [-0.2, -0.15) is 0 Å². The van der Waals surface area contributed by atoms with Crippen LogP contribution >= 0.6 is 0 Å². The summed E-state index contributed by atoms with van der Waals surface area (Å²) in [6, 6.07) is 4.04. The summed E-state index contributed by atoms with van der Waals surface area (Å²) >= 11 is 0. The maximum atomic E-state index is 13.5. The van der Waals surface area contributed by atoms with Gasteiger partial charge in [-0.3, -0.25) is 4.57 Å². The Morgan fingerprint density at radius 2 is 2.33 bits per heavy atom. The van der Waals surface area contributed by atoms with Gasteiger partial charge in [0.2, 0.25) is 0 Å². The van der Waals surface area contributed by atoms with Crippen molar-refractivity contribution in [2.45, 2.75) is 12.5 Å². The second-order valence-corrected chi connectivity index (χ2v) is 4.90. The third-order valence-electron chi connectivity index (χ3n) is 3.67. The van der Waals surface area contributed by atoms with E-state index in [1.54, 1.807) is 12.3 Å². The Morgan fingerprint density at radius 3 is 3.24 bits per heavy atom. The molecule has 3 heterocycles. The molecule has 0 unspecified atom stereocenters. The highest BCUT2D eigenvalue weighted by atomic mass is 19.1. The van der Waals surface area contributed by atoms with Gasteiger partial charge in [0.1, 0.15) is 23.4 Å². The molecule has 3 aromatic rings. The van der Waals surface area contributed by atoms with Crippen LogP contribution in [0.25, 0.3) is 11.2 Å². The SMILES string of the molecule is O=c1[nH]c2cncnc2n1[C@@H]1CCOc2ccc(F)cc21. The highest BCUT2D eigenvalue weighted by molar-refractivity contribution is 5.69. The molecule has 2 aromatic heterocycles. The smallest absolute Gasteiger partial charge is 0.328 e. The first kappa shape index (κ1) is 12.1. The Labute approximate surface area is 118 Å². The molecule has 0 saturated carbocycles. The molecule has 21 heavy (non-hydrogen) atoms. The lowest BCUT2D eigenvalue weighted by Gasteiger charge is -2.26. The average molecular weight is 286 g/mol. The number of aromatic nitrogens is 4. The zero-order valence-corrected chi connectivity index (χ0v) is 10.9. The number of fused-ring (bicyclic) bond motifs is 2. The van der Waals surface area contributed by atoms with E-state index < -0.39 is 0 Å². The van der Waals surface area contributed by atoms with E-state index in [2.05, 4.69) is 15.0 Å². The summed E-state index contributed by atoms with van der Waals surface area (Å²) in [5.74, 6) is 0.245. The average Bonchev–Trinajstić information content (AvgIpc) is 2.82. The number of hydrogen-bond donors (Lipinski definition) is 1. The molecule has 1 atom stereocenters. The molecule has 1 N–H and O–H groups in total. The van der Waals surface area contributed by atoms with Gasteiger partial charge in [-0.05, 0) is 18.2 Å². The number of nitrogens with zero attached hydrogens (tertiary/aromatic N) is 3. The standard InChI is InChI=1S/C14H11FN4O2/c15-8-1-2-12-9(5-8)11(3-4-21-12)19-13-10(18-14(19)20)6-16-7-17-13/h1-2,5-7,11H,3-4H2,(H,18,20)/t11-/m1/s1. The van der Waals surface area contributed by atoms with Crippen LogP contribution in [0.15, 0.2) is 35.5 Å². The molecule has 0 amide bonds. The first-order valence-corrected chi connectivity index (χ1v) is 6.56. The number of H-pyrrole nitrogens is 1. The van der Waals surface area contributed by atoms with E-state index in [-0.39, 0.29) is 17.5 Å². The number of nitrogens with one attached hydrogen (secondary N) is 1. The third-order valence-corrected chi connectivity index (χ3v) is 3.67. The van der Waals surface area contributed by atoms with Gasteiger partial charge in [0.25, 0.3) is 0 Å². The molecule has 6 nitrogen and oxygen atoms in total. The van der Waals surface area contributed by atoms with Crippen molar-refractivity contribution < 1.29 is 9.13 Å². The van der Waals surface area contributed by atoms with Crippen LogP contribution in [0, 0.1) is 5.82 Å². The number of ether oxygens (including phenoxy) is 1. The minimum atomic E-state index is -0.355. The second-order valence-electron chi connectivity index (χ2n) is 4.90. The Morgan fingerprint density at radius 1 is 1.43 bits per heavy atom. The molecule has 1 aliphatic rings. The van der Waals surface area contributed by atoms with Gasteiger partial charge in [0.05, 0.1) is 18.8 Å². The molecule has 0 radical (unpaired) electrons. The fourth-order valence-corrected chi connectivity index (χ4v) is 2.78. The molecular weight excluding hydrogens is 275 g/mol. The van der Waals surface area contributed by atoms with Crippen molar-refractivity contribution in [3.63, 3.8) is 0 Å². The highest BCUT2D eigenvalue weighted by Gasteiger charge is 2.27. The molecule has 0 bridgehead atoms. The van der Waals surface area contributed by atoms with Crippen molar-refractivity contribution in [1.82, 2.24) is 19.5 Å². The largest absolute Gasteiger partial charge is 0.493 e. The summed E-state index contributed by atoms with van der Waals surface area (Å²) in [6.07, 6.45) is 3.51. The van der Waals surface area contributed by atoms with Gasteiger partial charge in [-0.25, -0.2) is 19.2 Å². The number of hydrogen-bond acceptors (Lipinski definition) is 4. The normalized spacial score (nSPS) is 17.5. The molecule has 0 saturated heterocycles. The molecule has 0 spiro atoms. The minimum Gasteiger partial charge on any atom is -0.493 e. The van der Waals surface area contributed by atoms with Crippen LogP contribution in [0.5, 0.6) is 5.75 Å². The molecule has 106 valence electrons. The van der Waals surface area contributed by atoms with Crippen LogP contribution in [-0.2, 0) is 0 Å². The fourth-order valence-electron chi connectivity index (χ4n) is 2.78. The van der Waals surface area contributed by atoms with Crippen LogP contribution in [0.3, 0.4) is 0 Å². The van der Waals surface area contributed by atoms with E-state index >= 15 is 0 Å². The Kier molecular flexibility index (Phi) is 2.53. The Bertz CT molecular complexity index is 886. The van der Waals surface area contributed by atoms with Gasteiger partial charge in [-0.15, -0.1) is 0 Å². The van der Waals surface area contributed by atoms with Crippen molar-refractivity contribution in [2.24, 2.45) is 0 Å². The zero-order chi connectivity index (χ0) is 14.4. The van der Waals surface area contributed by atoms with E-state index in [1.807, 2.05) is 0 Å². The van der Waals surface area contributed by atoms with E-state index in [4.69, 9.17) is 4.74 Å². The first-order chi connectivity index (χ1) is 10.2. The lowest BCUT2D eigenvalue weighted by atomic mass is 10.00. The van der Waals surface area contributed by atoms with Crippen molar-refractivity contribution in [3.8, 4) is 5.75 Å². The first-order valence-electron chi connectivity index (χ1n) is 6.56. The van der Waals surface area contributed by atoms with E-state index in [1.165, 1.54) is 23.0 Å². The Balaban J connectivity index is 1.97. The van der Waals surface area contributed by atoms with Crippen LogP contribution < -0.4 is 10.4 Å². The predicted molar refractivity (Wildman–Crippen MR) is 72.8 cm³/mol. The van der Waals surface area contributed by atoms with Gasteiger partial charge >= 0.3 is 5.69 Å². The molecule has 1 aliphatic heterocycles. The monoisotopic (exact) mass is 286 g/mol. The summed E-state index contributed by atoms with van der Waals surface area (Å²) in [6.45, 7) is 0.466. The van der Waals surface area contributed by atoms with Crippen molar-refractivity contribution >= 4 is 11.2 Å². The molecule has 0 aliphatic carbocycles. The predicted octanol–water partition coefficient (Wildman–Crippen LogP) is 1.63. The highest BCUT2D eigenvalue weighted by Crippen LogP contribution is 2.35. The lowest BCUT2D eigenvalue weighted by Crippen LogP contribution is -2.28. The summed E-state index contributed by atoms with van der Waals surface area (Å²) in [5.41, 5.74) is 1.44.